The molecule has 9 nitrogen and oxygen atoms in total. The molecule has 0 radical (unpaired) electrons. The summed E-state index contributed by atoms with van der Waals surface area (Å²) in [6.07, 6.45) is -1.17. The maximum atomic E-state index is 15.1. The van der Waals surface area contributed by atoms with Crippen molar-refractivity contribution in [3.63, 3.8) is 0 Å². The molecule has 3 N–H and O–H groups in total. The van der Waals surface area contributed by atoms with Gasteiger partial charge in [-0.15, -0.1) is 0 Å². The number of nitrogens with one attached hydrogen (secondary N) is 1. The van der Waals surface area contributed by atoms with E-state index in [-0.39, 0.29) is 39.9 Å². The number of carbonyl (C=O) groups excluding carboxylic acids is 1. The third-order valence-corrected chi connectivity index (χ3v) is 6.65. The number of fused-ring (bicyclic) bond motifs is 2. The number of aromatic amines is 1. The number of carboxylic acid groups (broad SMARTS) is 1. The van der Waals surface area contributed by atoms with Crippen LogP contribution in [0.3, 0.4) is 0 Å². The number of H-pyrrole nitrogens is 1. The largest absolute Gasteiger partial charge is 0.465 e. The maximum Gasteiger partial charge on any atom is 0.414 e. The number of amides is 2. The van der Waals surface area contributed by atoms with Crippen LogP contribution in [0.1, 0.15) is 21.5 Å². The zero-order valence-corrected chi connectivity index (χ0v) is 20.7. The van der Waals surface area contributed by atoms with Crippen LogP contribution < -0.4 is 9.80 Å². The van der Waals surface area contributed by atoms with Crippen molar-refractivity contribution in [1.82, 2.24) is 14.9 Å². The second-order valence-corrected chi connectivity index (χ2v) is 9.37. The molecule has 4 aromatic rings. The predicted molar refractivity (Wildman–Crippen MR) is 138 cm³/mol. The lowest BCUT2D eigenvalue weighted by atomic mass is 9.93. The SMILES string of the molecule is CN(C)CCN(C(=O)O)c1nc2ccc(C3(O)c4ccccc4C(=O)N3c3cccc(Cl)c3F)cc2[nH]1. The van der Waals surface area contributed by atoms with Gasteiger partial charge in [0, 0.05) is 29.8 Å². The second-order valence-electron chi connectivity index (χ2n) is 8.96. The molecule has 1 aliphatic heterocycles. The zero-order chi connectivity index (χ0) is 26.5. The van der Waals surface area contributed by atoms with Crippen LogP contribution in [-0.4, -0.2) is 64.3 Å². The minimum atomic E-state index is -2.07. The van der Waals surface area contributed by atoms with Crippen LogP contribution >= 0.6 is 11.6 Å². The van der Waals surface area contributed by atoms with Gasteiger partial charge in [-0.05, 0) is 44.4 Å². The summed E-state index contributed by atoms with van der Waals surface area (Å²) in [5.41, 5.74) is -0.620. The number of halogens is 2. The van der Waals surface area contributed by atoms with E-state index < -0.39 is 23.5 Å². The van der Waals surface area contributed by atoms with Crippen LogP contribution in [0.5, 0.6) is 0 Å². The Morgan fingerprint density at radius 3 is 2.62 bits per heavy atom. The summed E-state index contributed by atoms with van der Waals surface area (Å²) in [7, 11) is 3.67. The Kier molecular flexibility index (Phi) is 6.10. The van der Waals surface area contributed by atoms with Gasteiger partial charge in [0.1, 0.15) is 0 Å². The number of carbonyl (C=O) groups is 2. The van der Waals surface area contributed by atoms with Gasteiger partial charge in [-0.3, -0.25) is 9.69 Å². The highest BCUT2D eigenvalue weighted by Gasteiger charge is 2.51. The van der Waals surface area contributed by atoms with Gasteiger partial charge in [-0.25, -0.2) is 19.1 Å². The quantitative estimate of drug-likeness (QED) is 0.348. The van der Waals surface area contributed by atoms with Gasteiger partial charge in [-0.1, -0.05) is 41.9 Å². The van der Waals surface area contributed by atoms with Crippen LogP contribution in [0.2, 0.25) is 5.02 Å². The highest BCUT2D eigenvalue weighted by atomic mass is 35.5. The molecule has 0 saturated carbocycles. The van der Waals surface area contributed by atoms with Gasteiger partial charge in [0.25, 0.3) is 5.91 Å². The van der Waals surface area contributed by atoms with E-state index in [0.717, 1.165) is 9.80 Å². The summed E-state index contributed by atoms with van der Waals surface area (Å²) in [6, 6.07) is 15.5. The van der Waals surface area contributed by atoms with Gasteiger partial charge in [-0.2, -0.15) is 0 Å². The van der Waals surface area contributed by atoms with Crippen molar-refractivity contribution < 1.29 is 24.2 Å². The Hall–Kier alpha value is -3.99. The minimum absolute atomic E-state index is 0.120. The average Bonchev–Trinajstić information content (AvgIpc) is 3.38. The molecular formula is C26H23ClFN5O4. The van der Waals surface area contributed by atoms with Gasteiger partial charge >= 0.3 is 6.09 Å². The van der Waals surface area contributed by atoms with E-state index in [2.05, 4.69) is 9.97 Å². The van der Waals surface area contributed by atoms with E-state index in [9.17, 15) is 19.8 Å². The maximum absolute atomic E-state index is 15.1. The fourth-order valence-corrected chi connectivity index (χ4v) is 4.70. The highest BCUT2D eigenvalue weighted by Crippen LogP contribution is 2.46. The number of likely N-dealkylation sites (N-methyl/N-ethyl adjacent to an activating group) is 1. The molecule has 1 unspecified atom stereocenters. The molecule has 5 rings (SSSR count). The van der Waals surface area contributed by atoms with E-state index in [0.29, 0.717) is 17.6 Å². The summed E-state index contributed by atoms with van der Waals surface area (Å²) >= 11 is 6.01. The van der Waals surface area contributed by atoms with E-state index in [1.54, 1.807) is 42.5 Å². The molecule has 190 valence electrons. The Labute approximate surface area is 216 Å². The van der Waals surface area contributed by atoms with Gasteiger partial charge in [0.15, 0.2) is 11.5 Å². The molecule has 3 aromatic carbocycles. The number of benzene rings is 3. The molecule has 1 aromatic heterocycles. The van der Waals surface area contributed by atoms with Crippen molar-refractivity contribution in [1.29, 1.82) is 0 Å². The standard InChI is InChI=1S/C26H23ClFN5O4/c1-31(2)12-13-32(25(35)36)24-29-19-11-10-15(14-20(19)30-24)26(37)17-7-4-3-6-16(17)23(34)33(26)21-9-5-8-18(27)22(21)28/h3-11,14,37H,12-13H2,1-2H3,(H,29,30)(H,35,36). The number of hydrogen-bond acceptors (Lipinski definition) is 5. The number of nitrogens with zero attached hydrogens (tertiary/aromatic N) is 4. The number of aliphatic hydroxyl groups is 1. The molecule has 37 heavy (non-hydrogen) atoms. The van der Waals surface area contributed by atoms with Crippen LogP contribution in [-0.2, 0) is 5.72 Å². The summed E-state index contributed by atoms with van der Waals surface area (Å²) in [6.45, 7) is 0.663. The number of hydrogen-bond donors (Lipinski definition) is 3. The smallest absolute Gasteiger partial charge is 0.414 e. The molecule has 1 atom stereocenters. The van der Waals surface area contributed by atoms with E-state index in [1.165, 1.54) is 18.2 Å². The first kappa shape index (κ1) is 24.7. The lowest BCUT2D eigenvalue weighted by molar-refractivity contribution is 0.0699. The average molecular weight is 524 g/mol. The molecule has 1 aliphatic rings. The topological polar surface area (TPSA) is 113 Å². The van der Waals surface area contributed by atoms with Crippen molar-refractivity contribution in [2.45, 2.75) is 5.72 Å². The summed E-state index contributed by atoms with van der Waals surface area (Å²) in [4.78, 5) is 36.7. The molecule has 0 spiro atoms. The predicted octanol–water partition coefficient (Wildman–Crippen LogP) is 4.26. The third-order valence-electron chi connectivity index (χ3n) is 6.36. The first-order chi connectivity index (χ1) is 17.6. The number of imidazole rings is 1. The molecule has 0 aliphatic carbocycles. The Bertz CT molecular complexity index is 1540. The molecule has 11 heteroatoms. The van der Waals surface area contributed by atoms with Gasteiger partial charge in [0.2, 0.25) is 5.95 Å². The van der Waals surface area contributed by atoms with Crippen molar-refractivity contribution in [2.75, 3.05) is 37.0 Å². The first-order valence-electron chi connectivity index (χ1n) is 11.4. The molecule has 0 bridgehead atoms. The molecule has 0 saturated heterocycles. The minimum Gasteiger partial charge on any atom is -0.465 e. The van der Waals surface area contributed by atoms with Gasteiger partial charge in [0.05, 0.1) is 21.7 Å². The van der Waals surface area contributed by atoms with E-state index in [1.807, 2.05) is 19.0 Å². The van der Waals surface area contributed by atoms with Crippen molar-refractivity contribution in [3.05, 3.63) is 88.2 Å². The zero-order valence-electron chi connectivity index (χ0n) is 19.9. The van der Waals surface area contributed by atoms with Crippen LogP contribution in [0.4, 0.5) is 20.8 Å². The van der Waals surface area contributed by atoms with E-state index >= 15 is 4.39 Å². The monoisotopic (exact) mass is 523 g/mol. The van der Waals surface area contributed by atoms with Crippen molar-refractivity contribution in [3.8, 4) is 0 Å². The Balaban J connectivity index is 1.65. The molecule has 0 fully saturated rings. The summed E-state index contributed by atoms with van der Waals surface area (Å²) < 4.78 is 15.1. The van der Waals surface area contributed by atoms with Crippen molar-refractivity contribution >= 4 is 46.3 Å². The van der Waals surface area contributed by atoms with Crippen LogP contribution in [0.15, 0.2) is 60.7 Å². The number of rotatable bonds is 6. The highest BCUT2D eigenvalue weighted by molar-refractivity contribution is 6.31. The second kappa shape index (κ2) is 9.15. The molecule has 2 heterocycles. The molecule has 2 amide bonds. The normalized spacial score (nSPS) is 17.0. The summed E-state index contributed by atoms with van der Waals surface area (Å²) in [5, 5.41) is 21.7. The fourth-order valence-electron chi connectivity index (χ4n) is 4.53. The first-order valence-corrected chi connectivity index (χ1v) is 11.8. The fraction of sp³-hybridized carbons (Fsp3) is 0.192. The molecular weight excluding hydrogens is 501 g/mol. The summed E-state index contributed by atoms with van der Waals surface area (Å²) in [5.74, 6) is -1.31. The number of aromatic nitrogens is 2. The van der Waals surface area contributed by atoms with E-state index in [4.69, 9.17) is 11.6 Å². The van der Waals surface area contributed by atoms with Crippen LogP contribution in [0.25, 0.3) is 11.0 Å². The third kappa shape index (κ3) is 3.99. The van der Waals surface area contributed by atoms with Crippen molar-refractivity contribution in [2.24, 2.45) is 0 Å². The number of anilines is 2. The van der Waals surface area contributed by atoms with Gasteiger partial charge < -0.3 is 20.1 Å². The lowest BCUT2D eigenvalue weighted by Gasteiger charge is -2.35. The lowest BCUT2D eigenvalue weighted by Crippen LogP contribution is -2.45. The van der Waals surface area contributed by atoms with Crippen LogP contribution in [0, 0.1) is 5.82 Å². The Morgan fingerprint density at radius 2 is 1.89 bits per heavy atom. The Morgan fingerprint density at radius 1 is 1.14 bits per heavy atom.